The van der Waals surface area contributed by atoms with E-state index in [4.69, 9.17) is 11.6 Å². The van der Waals surface area contributed by atoms with Crippen molar-refractivity contribution in [1.29, 1.82) is 0 Å². The Balaban J connectivity index is 1.99. The first-order valence-electron chi connectivity index (χ1n) is 4.75. The van der Waals surface area contributed by atoms with Gasteiger partial charge in [0, 0.05) is 45.1 Å². The Morgan fingerprint density at radius 3 is 2.71 bits per heavy atom. The fraction of sp³-hybridized carbons (Fsp3) is 0.556. The minimum Gasteiger partial charge on any atom is -0.314 e. The third-order valence-corrected chi connectivity index (χ3v) is 2.62. The van der Waals surface area contributed by atoms with Gasteiger partial charge in [0.1, 0.15) is 0 Å². The minimum atomic E-state index is 0.519. The monoisotopic (exact) mass is 212 g/mol. The lowest BCUT2D eigenvalue weighted by atomic mass is 10.3. The largest absolute Gasteiger partial charge is 0.314 e. The van der Waals surface area contributed by atoms with Crippen molar-refractivity contribution in [3.05, 3.63) is 23.2 Å². The fourth-order valence-electron chi connectivity index (χ4n) is 1.54. The molecule has 0 aliphatic carbocycles. The highest BCUT2D eigenvalue weighted by atomic mass is 35.5. The summed E-state index contributed by atoms with van der Waals surface area (Å²) in [6.45, 7) is 4.98. The topological polar surface area (TPSA) is 41.1 Å². The number of piperazine rings is 1. The van der Waals surface area contributed by atoms with E-state index in [2.05, 4.69) is 20.2 Å². The van der Waals surface area contributed by atoms with Crippen LogP contribution in [-0.2, 0) is 6.54 Å². The Labute approximate surface area is 88.3 Å². The summed E-state index contributed by atoms with van der Waals surface area (Å²) in [5, 5.41) is 3.82. The van der Waals surface area contributed by atoms with Crippen LogP contribution in [0.3, 0.4) is 0 Å². The summed E-state index contributed by atoms with van der Waals surface area (Å²) >= 11 is 5.93. The molecule has 1 aliphatic heterocycles. The Kier molecular flexibility index (Phi) is 3.29. The Morgan fingerprint density at radius 2 is 2.00 bits per heavy atom. The third-order valence-electron chi connectivity index (χ3n) is 2.31. The summed E-state index contributed by atoms with van der Waals surface area (Å²) in [6.07, 6.45) is 3.30. The normalized spacial score (nSPS) is 18.4. The van der Waals surface area contributed by atoms with Crippen LogP contribution in [0.2, 0.25) is 5.15 Å². The van der Waals surface area contributed by atoms with E-state index in [1.807, 2.05) is 0 Å². The predicted octanol–water partition coefficient (Wildman–Crippen LogP) is 0.535. The number of rotatable bonds is 2. The standard InChI is InChI=1S/C9H13ClN4/c10-9-8(12-1-2-13-9)7-14-5-3-11-4-6-14/h1-2,11H,3-7H2. The highest BCUT2D eigenvalue weighted by Crippen LogP contribution is 2.11. The highest BCUT2D eigenvalue weighted by Gasteiger charge is 2.12. The van der Waals surface area contributed by atoms with E-state index in [9.17, 15) is 0 Å². The molecule has 4 nitrogen and oxygen atoms in total. The van der Waals surface area contributed by atoms with Gasteiger partial charge in [-0.05, 0) is 0 Å². The first kappa shape index (κ1) is 9.83. The van der Waals surface area contributed by atoms with Crippen molar-refractivity contribution in [2.75, 3.05) is 26.2 Å². The van der Waals surface area contributed by atoms with Crippen LogP contribution in [-0.4, -0.2) is 41.0 Å². The average molecular weight is 213 g/mol. The maximum absolute atomic E-state index is 5.93. The van der Waals surface area contributed by atoms with Gasteiger partial charge in [-0.15, -0.1) is 0 Å². The molecule has 1 fully saturated rings. The molecule has 1 aromatic heterocycles. The van der Waals surface area contributed by atoms with Crippen molar-refractivity contribution < 1.29 is 0 Å². The van der Waals surface area contributed by atoms with Crippen LogP contribution in [0.25, 0.3) is 0 Å². The maximum atomic E-state index is 5.93. The van der Waals surface area contributed by atoms with Crippen LogP contribution in [0.5, 0.6) is 0 Å². The van der Waals surface area contributed by atoms with Gasteiger partial charge in [0.05, 0.1) is 5.69 Å². The SMILES string of the molecule is Clc1nccnc1CN1CCNCC1. The molecule has 1 saturated heterocycles. The summed E-state index contributed by atoms with van der Waals surface area (Å²) in [7, 11) is 0. The second-order valence-electron chi connectivity index (χ2n) is 3.32. The molecule has 2 rings (SSSR count). The molecule has 1 aromatic rings. The molecule has 14 heavy (non-hydrogen) atoms. The number of hydrogen-bond donors (Lipinski definition) is 1. The van der Waals surface area contributed by atoms with E-state index in [1.165, 1.54) is 0 Å². The highest BCUT2D eigenvalue weighted by molar-refractivity contribution is 6.29. The zero-order valence-electron chi connectivity index (χ0n) is 7.91. The van der Waals surface area contributed by atoms with Crippen LogP contribution >= 0.6 is 11.6 Å². The van der Waals surface area contributed by atoms with E-state index >= 15 is 0 Å². The maximum Gasteiger partial charge on any atom is 0.151 e. The molecule has 5 heteroatoms. The molecule has 76 valence electrons. The van der Waals surface area contributed by atoms with Crippen molar-refractivity contribution in [1.82, 2.24) is 20.2 Å². The van der Waals surface area contributed by atoms with E-state index < -0.39 is 0 Å². The number of aromatic nitrogens is 2. The number of halogens is 1. The number of nitrogens with zero attached hydrogens (tertiary/aromatic N) is 3. The van der Waals surface area contributed by atoms with Gasteiger partial charge in [0.2, 0.25) is 0 Å². The molecule has 1 aliphatic rings. The van der Waals surface area contributed by atoms with Gasteiger partial charge in [0.25, 0.3) is 0 Å². The van der Waals surface area contributed by atoms with Crippen molar-refractivity contribution >= 4 is 11.6 Å². The molecular formula is C9H13ClN4. The second kappa shape index (κ2) is 4.68. The fourth-order valence-corrected chi connectivity index (χ4v) is 1.70. The molecule has 0 atom stereocenters. The van der Waals surface area contributed by atoms with Crippen LogP contribution in [0.1, 0.15) is 5.69 Å². The Hall–Kier alpha value is -0.710. The first-order chi connectivity index (χ1) is 6.86. The summed E-state index contributed by atoms with van der Waals surface area (Å²) in [5.41, 5.74) is 0.871. The molecule has 0 bridgehead atoms. The average Bonchev–Trinajstić information content (AvgIpc) is 2.23. The van der Waals surface area contributed by atoms with Gasteiger partial charge in [-0.25, -0.2) is 4.98 Å². The van der Waals surface area contributed by atoms with Crippen molar-refractivity contribution in [3.63, 3.8) is 0 Å². The van der Waals surface area contributed by atoms with Gasteiger partial charge in [0.15, 0.2) is 5.15 Å². The molecule has 0 aromatic carbocycles. The zero-order valence-corrected chi connectivity index (χ0v) is 8.67. The van der Waals surface area contributed by atoms with E-state index in [0.29, 0.717) is 5.15 Å². The van der Waals surface area contributed by atoms with Crippen molar-refractivity contribution in [3.8, 4) is 0 Å². The van der Waals surface area contributed by atoms with Crippen LogP contribution in [0.15, 0.2) is 12.4 Å². The Morgan fingerprint density at radius 1 is 1.29 bits per heavy atom. The van der Waals surface area contributed by atoms with Gasteiger partial charge >= 0.3 is 0 Å². The van der Waals surface area contributed by atoms with Gasteiger partial charge in [-0.1, -0.05) is 11.6 Å². The van der Waals surface area contributed by atoms with E-state index in [-0.39, 0.29) is 0 Å². The third kappa shape index (κ3) is 2.41. The lowest BCUT2D eigenvalue weighted by Gasteiger charge is -2.26. The number of nitrogens with one attached hydrogen (secondary N) is 1. The smallest absolute Gasteiger partial charge is 0.151 e. The summed E-state index contributed by atoms with van der Waals surface area (Å²) in [6, 6.07) is 0. The van der Waals surface area contributed by atoms with E-state index in [0.717, 1.165) is 38.4 Å². The predicted molar refractivity (Wildman–Crippen MR) is 55.2 cm³/mol. The molecule has 0 spiro atoms. The molecule has 0 unspecified atom stereocenters. The number of hydrogen-bond acceptors (Lipinski definition) is 4. The molecular weight excluding hydrogens is 200 g/mol. The Bertz CT molecular complexity index is 299. The van der Waals surface area contributed by atoms with Crippen LogP contribution < -0.4 is 5.32 Å². The van der Waals surface area contributed by atoms with Gasteiger partial charge in [-0.3, -0.25) is 9.88 Å². The molecule has 0 saturated carbocycles. The quantitative estimate of drug-likeness (QED) is 0.777. The summed E-state index contributed by atoms with van der Waals surface area (Å²) in [5.74, 6) is 0. The zero-order chi connectivity index (χ0) is 9.80. The first-order valence-corrected chi connectivity index (χ1v) is 5.12. The van der Waals surface area contributed by atoms with Crippen molar-refractivity contribution in [2.45, 2.75) is 6.54 Å². The van der Waals surface area contributed by atoms with Crippen LogP contribution in [0.4, 0.5) is 0 Å². The summed E-state index contributed by atoms with van der Waals surface area (Å²) < 4.78 is 0. The van der Waals surface area contributed by atoms with E-state index in [1.54, 1.807) is 12.4 Å². The van der Waals surface area contributed by atoms with Crippen LogP contribution in [0, 0.1) is 0 Å². The van der Waals surface area contributed by atoms with Gasteiger partial charge < -0.3 is 5.32 Å². The molecule has 0 radical (unpaired) electrons. The molecule has 1 N–H and O–H groups in total. The minimum absolute atomic E-state index is 0.519. The lowest BCUT2D eigenvalue weighted by Crippen LogP contribution is -2.43. The molecule has 2 heterocycles. The lowest BCUT2D eigenvalue weighted by molar-refractivity contribution is 0.230. The van der Waals surface area contributed by atoms with Crippen molar-refractivity contribution in [2.24, 2.45) is 0 Å². The second-order valence-corrected chi connectivity index (χ2v) is 3.68. The summed E-state index contributed by atoms with van der Waals surface area (Å²) in [4.78, 5) is 10.5. The van der Waals surface area contributed by atoms with Gasteiger partial charge in [-0.2, -0.15) is 0 Å². The molecule has 0 amide bonds.